The maximum absolute atomic E-state index is 11.0. The smallest absolute Gasteiger partial charge is 0.133 e. The van der Waals surface area contributed by atoms with Gasteiger partial charge in [0, 0.05) is 12.6 Å². The fraction of sp³-hybridized carbons (Fsp3) is 0.667. The van der Waals surface area contributed by atoms with Crippen LogP contribution >= 0.6 is 0 Å². The van der Waals surface area contributed by atoms with Crippen LogP contribution < -0.4 is 0 Å². The number of rotatable bonds is 8. The highest BCUT2D eigenvalue weighted by atomic mass is 16.1. The van der Waals surface area contributed by atoms with E-state index in [1.165, 1.54) is 50.5 Å². The molecule has 2 fully saturated rings. The van der Waals surface area contributed by atoms with Crippen molar-refractivity contribution in [1.82, 2.24) is 4.90 Å². The molecule has 0 amide bonds. The van der Waals surface area contributed by atoms with Gasteiger partial charge >= 0.3 is 0 Å². The molecule has 1 saturated carbocycles. The topological polar surface area (TPSA) is 20.3 Å². The Bertz CT molecular complexity index is 535. The van der Waals surface area contributed by atoms with Gasteiger partial charge in [0.15, 0.2) is 0 Å². The van der Waals surface area contributed by atoms with Gasteiger partial charge in [-0.05, 0) is 60.6 Å². The van der Waals surface area contributed by atoms with Crippen LogP contribution in [0.4, 0.5) is 0 Å². The molecule has 1 aromatic carbocycles. The average molecular weight is 313 g/mol. The van der Waals surface area contributed by atoms with Gasteiger partial charge in [0.05, 0.1) is 6.54 Å². The van der Waals surface area contributed by atoms with Crippen molar-refractivity contribution in [2.45, 2.75) is 76.7 Å². The Kier molecular flexibility index (Phi) is 5.53. The van der Waals surface area contributed by atoms with Gasteiger partial charge in [-0.15, -0.1) is 0 Å². The van der Waals surface area contributed by atoms with E-state index in [1.807, 2.05) is 0 Å². The SMILES string of the molecule is CCCc1cc(C2CC(CCC)N(CC=O)C2)ccc1C1CC1. The first-order valence-corrected chi connectivity index (χ1v) is 9.57. The molecule has 1 heterocycles. The molecule has 0 radical (unpaired) electrons. The largest absolute Gasteiger partial charge is 0.302 e. The molecular formula is C21H31NO. The number of hydrogen-bond acceptors (Lipinski definition) is 2. The Morgan fingerprint density at radius 2 is 2.00 bits per heavy atom. The molecule has 2 heteroatoms. The van der Waals surface area contributed by atoms with E-state index < -0.39 is 0 Å². The quantitative estimate of drug-likeness (QED) is 0.650. The van der Waals surface area contributed by atoms with Crippen LogP contribution in [-0.2, 0) is 11.2 Å². The zero-order chi connectivity index (χ0) is 16.2. The van der Waals surface area contributed by atoms with Gasteiger partial charge in [0.1, 0.15) is 6.29 Å². The highest BCUT2D eigenvalue weighted by Crippen LogP contribution is 2.43. The van der Waals surface area contributed by atoms with E-state index in [9.17, 15) is 4.79 Å². The van der Waals surface area contributed by atoms with Gasteiger partial charge in [0.25, 0.3) is 0 Å². The Hall–Kier alpha value is -1.15. The molecular weight excluding hydrogens is 282 g/mol. The fourth-order valence-corrected chi connectivity index (χ4v) is 4.34. The minimum atomic E-state index is 0.591. The van der Waals surface area contributed by atoms with Gasteiger partial charge in [-0.25, -0.2) is 0 Å². The lowest BCUT2D eigenvalue weighted by molar-refractivity contribution is -0.109. The van der Waals surface area contributed by atoms with Gasteiger partial charge in [-0.2, -0.15) is 0 Å². The van der Waals surface area contributed by atoms with Crippen LogP contribution in [0.3, 0.4) is 0 Å². The Balaban J connectivity index is 1.78. The second kappa shape index (κ2) is 7.61. The predicted octanol–water partition coefficient (Wildman–Crippen LogP) is 4.67. The van der Waals surface area contributed by atoms with Gasteiger partial charge in [-0.1, -0.05) is 44.9 Å². The molecule has 0 N–H and O–H groups in total. The number of aldehydes is 1. The number of carbonyl (C=O) groups is 1. The van der Waals surface area contributed by atoms with Crippen LogP contribution in [-0.4, -0.2) is 30.3 Å². The van der Waals surface area contributed by atoms with E-state index in [-0.39, 0.29) is 0 Å². The number of likely N-dealkylation sites (tertiary alicyclic amines) is 1. The summed E-state index contributed by atoms with van der Waals surface area (Å²) in [5.74, 6) is 1.45. The molecule has 2 aliphatic rings. The normalized spacial score (nSPS) is 25.0. The third-order valence-corrected chi connectivity index (χ3v) is 5.63. The lowest BCUT2D eigenvalue weighted by atomic mass is 9.90. The summed E-state index contributed by atoms with van der Waals surface area (Å²) in [5.41, 5.74) is 4.71. The molecule has 2 unspecified atom stereocenters. The summed E-state index contributed by atoms with van der Waals surface area (Å²) in [6.45, 7) is 6.18. The zero-order valence-electron chi connectivity index (χ0n) is 14.8. The minimum Gasteiger partial charge on any atom is -0.302 e. The first-order valence-electron chi connectivity index (χ1n) is 9.57. The molecule has 0 bridgehead atoms. The van der Waals surface area contributed by atoms with Crippen molar-refractivity contribution >= 4 is 6.29 Å². The van der Waals surface area contributed by atoms with Crippen molar-refractivity contribution in [3.05, 3.63) is 34.9 Å². The first-order chi connectivity index (χ1) is 11.3. The molecule has 2 atom stereocenters. The van der Waals surface area contributed by atoms with E-state index in [0.717, 1.165) is 18.7 Å². The molecule has 0 aromatic heterocycles. The van der Waals surface area contributed by atoms with Crippen molar-refractivity contribution in [3.8, 4) is 0 Å². The predicted molar refractivity (Wildman–Crippen MR) is 96.1 cm³/mol. The molecule has 1 aliphatic heterocycles. The highest BCUT2D eigenvalue weighted by Gasteiger charge is 2.33. The van der Waals surface area contributed by atoms with E-state index in [0.29, 0.717) is 18.5 Å². The zero-order valence-corrected chi connectivity index (χ0v) is 14.8. The standard InChI is InChI=1S/C21H31NO/c1-3-5-18-13-17(9-10-21(18)16-7-8-16)19-14-20(6-4-2)22(15-19)11-12-23/h9-10,12-13,16,19-20H,3-8,11,14-15H2,1-2H3. The fourth-order valence-electron chi connectivity index (χ4n) is 4.34. The summed E-state index contributed by atoms with van der Waals surface area (Å²) in [7, 11) is 0. The van der Waals surface area contributed by atoms with E-state index in [1.54, 1.807) is 11.1 Å². The highest BCUT2D eigenvalue weighted by molar-refractivity contribution is 5.52. The van der Waals surface area contributed by atoms with Gasteiger partial charge in [0.2, 0.25) is 0 Å². The summed E-state index contributed by atoms with van der Waals surface area (Å²) in [4.78, 5) is 13.4. The summed E-state index contributed by atoms with van der Waals surface area (Å²) in [5, 5.41) is 0. The second-order valence-electron chi connectivity index (χ2n) is 7.48. The molecule has 1 aromatic rings. The molecule has 126 valence electrons. The average Bonchev–Trinajstić information content (AvgIpc) is 3.31. The second-order valence-corrected chi connectivity index (χ2v) is 7.48. The number of aryl methyl sites for hydroxylation is 1. The third-order valence-electron chi connectivity index (χ3n) is 5.63. The molecule has 1 saturated heterocycles. The maximum atomic E-state index is 11.0. The van der Waals surface area contributed by atoms with Gasteiger partial charge in [-0.3, -0.25) is 4.90 Å². The van der Waals surface area contributed by atoms with E-state index in [2.05, 4.69) is 36.9 Å². The molecule has 0 spiro atoms. The lowest BCUT2D eigenvalue weighted by Gasteiger charge is -2.20. The Morgan fingerprint density at radius 1 is 1.17 bits per heavy atom. The van der Waals surface area contributed by atoms with Crippen molar-refractivity contribution in [2.75, 3.05) is 13.1 Å². The molecule has 1 aliphatic carbocycles. The number of nitrogens with zero attached hydrogens (tertiary/aromatic N) is 1. The summed E-state index contributed by atoms with van der Waals surface area (Å²) in [6, 6.07) is 7.88. The van der Waals surface area contributed by atoms with Crippen LogP contribution in [0.5, 0.6) is 0 Å². The molecule has 3 rings (SSSR count). The van der Waals surface area contributed by atoms with Crippen molar-refractivity contribution in [1.29, 1.82) is 0 Å². The summed E-state index contributed by atoms with van der Waals surface area (Å²) >= 11 is 0. The number of carbonyl (C=O) groups excluding carboxylic acids is 1. The van der Waals surface area contributed by atoms with Crippen molar-refractivity contribution in [2.24, 2.45) is 0 Å². The molecule has 2 nitrogen and oxygen atoms in total. The van der Waals surface area contributed by atoms with Crippen LogP contribution in [0.1, 0.15) is 80.9 Å². The lowest BCUT2D eigenvalue weighted by Crippen LogP contribution is -2.31. The van der Waals surface area contributed by atoms with E-state index in [4.69, 9.17) is 0 Å². The number of benzene rings is 1. The maximum Gasteiger partial charge on any atom is 0.133 e. The minimum absolute atomic E-state index is 0.591. The first kappa shape index (κ1) is 16.7. The Morgan fingerprint density at radius 3 is 2.65 bits per heavy atom. The van der Waals surface area contributed by atoms with Crippen molar-refractivity contribution < 1.29 is 4.79 Å². The van der Waals surface area contributed by atoms with Crippen LogP contribution in [0.25, 0.3) is 0 Å². The van der Waals surface area contributed by atoms with Gasteiger partial charge < -0.3 is 4.79 Å². The Labute approximate surface area is 141 Å². The third kappa shape index (κ3) is 3.85. The number of hydrogen-bond donors (Lipinski definition) is 0. The molecule has 23 heavy (non-hydrogen) atoms. The monoisotopic (exact) mass is 313 g/mol. The van der Waals surface area contributed by atoms with Crippen molar-refractivity contribution in [3.63, 3.8) is 0 Å². The van der Waals surface area contributed by atoms with E-state index >= 15 is 0 Å². The summed E-state index contributed by atoms with van der Waals surface area (Å²) in [6.07, 6.45) is 9.91. The summed E-state index contributed by atoms with van der Waals surface area (Å²) < 4.78 is 0. The van der Waals surface area contributed by atoms with Crippen LogP contribution in [0.2, 0.25) is 0 Å². The van der Waals surface area contributed by atoms with Crippen LogP contribution in [0.15, 0.2) is 18.2 Å². The van der Waals surface area contributed by atoms with Crippen LogP contribution in [0, 0.1) is 0 Å².